The van der Waals surface area contributed by atoms with E-state index in [1.165, 1.54) is 24.8 Å². The summed E-state index contributed by atoms with van der Waals surface area (Å²) < 4.78 is 5.28. The van der Waals surface area contributed by atoms with Crippen molar-refractivity contribution in [3.63, 3.8) is 0 Å². The molecule has 1 aliphatic heterocycles. The Balaban J connectivity index is 1.59. The number of aryl methyl sites for hydroxylation is 1. The van der Waals surface area contributed by atoms with Crippen LogP contribution in [0.3, 0.4) is 0 Å². The molecule has 0 radical (unpaired) electrons. The van der Waals surface area contributed by atoms with Crippen LogP contribution in [-0.4, -0.2) is 37.6 Å². The molecule has 1 fully saturated rings. The van der Waals surface area contributed by atoms with Gasteiger partial charge in [-0.25, -0.2) is 0 Å². The standard InChI is InChI=1S/C23H29ClN2O2/c1-28-21-11-9-19(10-12-21)22(26-14-3-2-4-15-26)17-25-23(27)13-8-18-6-5-7-20(24)16-18/h5-7,9-12,16,22H,2-4,8,13-15,17H2,1H3,(H,25,27). The summed E-state index contributed by atoms with van der Waals surface area (Å²) in [5.41, 5.74) is 2.31. The summed E-state index contributed by atoms with van der Waals surface area (Å²) >= 11 is 6.02. The van der Waals surface area contributed by atoms with Gasteiger partial charge in [0.25, 0.3) is 0 Å². The molecule has 1 saturated heterocycles. The number of piperidine rings is 1. The molecule has 5 heteroatoms. The fourth-order valence-corrected chi connectivity index (χ4v) is 3.98. The number of methoxy groups -OCH3 is 1. The van der Waals surface area contributed by atoms with Gasteiger partial charge in [-0.3, -0.25) is 9.69 Å². The predicted molar refractivity (Wildman–Crippen MR) is 114 cm³/mol. The van der Waals surface area contributed by atoms with E-state index in [2.05, 4.69) is 22.3 Å². The van der Waals surface area contributed by atoms with E-state index in [1.807, 2.05) is 36.4 Å². The van der Waals surface area contributed by atoms with Crippen LogP contribution in [0.5, 0.6) is 5.75 Å². The molecule has 2 aromatic rings. The maximum Gasteiger partial charge on any atom is 0.220 e. The Kier molecular flexibility index (Phi) is 7.75. The van der Waals surface area contributed by atoms with Crippen LogP contribution in [0.4, 0.5) is 0 Å². The minimum Gasteiger partial charge on any atom is -0.497 e. The number of benzene rings is 2. The van der Waals surface area contributed by atoms with Gasteiger partial charge >= 0.3 is 0 Å². The fraction of sp³-hybridized carbons (Fsp3) is 0.435. The van der Waals surface area contributed by atoms with Crippen LogP contribution in [0.25, 0.3) is 0 Å². The third-order valence-electron chi connectivity index (χ3n) is 5.35. The molecule has 1 unspecified atom stereocenters. The van der Waals surface area contributed by atoms with Crippen LogP contribution >= 0.6 is 11.6 Å². The molecular formula is C23H29ClN2O2. The van der Waals surface area contributed by atoms with E-state index >= 15 is 0 Å². The lowest BCUT2D eigenvalue weighted by Gasteiger charge is -2.35. The van der Waals surface area contributed by atoms with Crippen molar-refractivity contribution >= 4 is 17.5 Å². The zero-order valence-corrected chi connectivity index (χ0v) is 17.3. The summed E-state index contributed by atoms with van der Waals surface area (Å²) in [6.45, 7) is 2.78. The minimum atomic E-state index is 0.0792. The molecule has 0 aromatic heterocycles. The van der Waals surface area contributed by atoms with Gasteiger partial charge in [-0.15, -0.1) is 0 Å². The smallest absolute Gasteiger partial charge is 0.220 e. The number of nitrogens with one attached hydrogen (secondary N) is 1. The molecule has 28 heavy (non-hydrogen) atoms. The minimum absolute atomic E-state index is 0.0792. The van der Waals surface area contributed by atoms with E-state index < -0.39 is 0 Å². The van der Waals surface area contributed by atoms with Gasteiger partial charge in [0, 0.05) is 18.0 Å². The quantitative estimate of drug-likeness (QED) is 0.702. The number of halogens is 1. The molecule has 1 atom stereocenters. The molecule has 0 saturated carbocycles. The molecule has 0 spiro atoms. The zero-order valence-electron chi connectivity index (χ0n) is 16.5. The number of rotatable bonds is 8. The van der Waals surface area contributed by atoms with E-state index in [1.54, 1.807) is 7.11 Å². The molecule has 3 rings (SSSR count). The Labute approximate surface area is 172 Å². The van der Waals surface area contributed by atoms with Crippen molar-refractivity contribution in [1.29, 1.82) is 0 Å². The Hall–Kier alpha value is -2.04. The molecule has 4 nitrogen and oxygen atoms in total. The molecule has 150 valence electrons. The van der Waals surface area contributed by atoms with Crippen molar-refractivity contribution in [2.24, 2.45) is 0 Å². The Morgan fingerprint density at radius 1 is 1.14 bits per heavy atom. The summed E-state index contributed by atoms with van der Waals surface area (Å²) in [6, 6.07) is 16.1. The number of hydrogen-bond donors (Lipinski definition) is 1. The second kappa shape index (κ2) is 10.5. The molecule has 1 N–H and O–H groups in total. The number of nitrogens with zero attached hydrogens (tertiary/aromatic N) is 1. The number of carbonyl (C=O) groups excluding carboxylic acids is 1. The SMILES string of the molecule is COc1ccc(C(CNC(=O)CCc2cccc(Cl)c2)N2CCCCC2)cc1. The first-order valence-electron chi connectivity index (χ1n) is 10.0. The Morgan fingerprint density at radius 2 is 1.89 bits per heavy atom. The van der Waals surface area contributed by atoms with Crippen LogP contribution in [0.15, 0.2) is 48.5 Å². The zero-order chi connectivity index (χ0) is 19.8. The number of ether oxygens (including phenoxy) is 1. The summed E-state index contributed by atoms with van der Waals surface area (Å²) in [5, 5.41) is 3.86. The Morgan fingerprint density at radius 3 is 2.57 bits per heavy atom. The molecule has 1 amide bonds. The van der Waals surface area contributed by atoms with E-state index in [4.69, 9.17) is 16.3 Å². The lowest BCUT2D eigenvalue weighted by Crippen LogP contribution is -2.40. The van der Waals surface area contributed by atoms with Crippen molar-refractivity contribution in [1.82, 2.24) is 10.2 Å². The number of hydrogen-bond acceptors (Lipinski definition) is 3. The summed E-state index contributed by atoms with van der Waals surface area (Å²) in [4.78, 5) is 14.9. The van der Waals surface area contributed by atoms with Gasteiger partial charge in [-0.1, -0.05) is 42.3 Å². The molecule has 0 aliphatic carbocycles. The third-order valence-corrected chi connectivity index (χ3v) is 5.59. The van der Waals surface area contributed by atoms with E-state index in [9.17, 15) is 4.79 Å². The van der Waals surface area contributed by atoms with Gasteiger partial charge in [-0.05, 0) is 67.7 Å². The fourth-order valence-electron chi connectivity index (χ4n) is 3.76. The first-order valence-corrected chi connectivity index (χ1v) is 10.4. The van der Waals surface area contributed by atoms with Crippen LogP contribution in [-0.2, 0) is 11.2 Å². The summed E-state index contributed by atoms with van der Waals surface area (Å²) in [5.74, 6) is 0.933. The number of amides is 1. The normalized spacial score (nSPS) is 15.8. The first-order chi connectivity index (χ1) is 13.7. The maximum atomic E-state index is 12.4. The van der Waals surface area contributed by atoms with Gasteiger partial charge in [0.2, 0.25) is 5.91 Å². The summed E-state index contributed by atoms with van der Waals surface area (Å²) in [6.07, 6.45) is 4.89. The largest absolute Gasteiger partial charge is 0.497 e. The Bertz CT molecular complexity index is 757. The van der Waals surface area contributed by atoms with Gasteiger partial charge in [0.1, 0.15) is 5.75 Å². The average Bonchev–Trinajstić information content (AvgIpc) is 2.74. The molecule has 1 aliphatic rings. The van der Waals surface area contributed by atoms with Crippen LogP contribution in [0, 0.1) is 0 Å². The van der Waals surface area contributed by atoms with E-state index in [0.29, 0.717) is 24.4 Å². The second-order valence-electron chi connectivity index (χ2n) is 7.32. The highest BCUT2D eigenvalue weighted by Crippen LogP contribution is 2.26. The summed E-state index contributed by atoms with van der Waals surface area (Å²) in [7, 11) is 1.68. The average molecular weight is 401 g/mol. The highest BCUT2D eigenvalue weighted by Gasteiger charge is 2.23. The van der Waals surface area contributed by atoms with Gasteiger partial charge in [0.05, 0.1) is 13.2 Å². The second-order valence-corrected chi connectivity index (χ2v) is 7.76. The highest BCUT2D eigenvalue weighted by atomic mass is 35.5. The van der Waals surface area contributed by atoms with Crippen LogP contribution in [0.1, 0.15) is 42.9 Å². The monoisotopic (exact) mass is 400 g/mol. The van der Waals surface area contributed by atoms with E-state index in [-0.39, 0.29) is 11.9 Å². The highest BCUT2D eigenvalue weighted by molar-refractivity contribution is 6.30. The topological polar surface area (TPSA) is 41.6 Å². The molecule has 2 aromatic carbocycles. The lowest BCUT2D eigenvalue weighted by molar-refractivity contribution is -0.121. The predicted octanol–water partition coefficient (Wildman–Crippen LogP) is 4.62. The van der Waals surface area contributed by atoms with Crippen molar-refractivity contribution in [3.8, 4) is 5.75 Å². The van der Waals surface area contributed by atoms with Crippen LogP contribution < -0.4 is 10.1 Å². The number of carbonyl (C=O) groups is 1. The van der Waals surface area contributed by atoms with E-state index in [0.717, 1.165) is 24.4 Å². The molecule has 0 bridgehead atoms. The molecular weight excluding hydrogens is 372 g/mol. The van der Waals surface area contributed by atoms with Crippen molar-refractivity contribution in [2.75, 3.05) is 26.7 Å². The van der Waals surface area contributed by atoms with Crippen LogP contribution in [0.2, 0.25) is 5.02 Å². The van der Waals surface area contributed by atoms with Crippen molar-refractivity contribution in [2.45, 2.75) is 38.1 Å². The van der Waals surface area contributed by atoms with Gasteiger partial charge < -0.3 is 10.1 Å². The van der Waals surface area contributed by atoms with Gasteiger partial charge in [0.15, 0.2) is 0 Å². The van der Waals surface area contributed by atoms with Crippen molar-refractivity contribution in [3.05, 3.63) is 64.7 Å². The first kappa shape index (κ1) is 20.7. The maximum absolute atomic E-state index is 12.4. The van der Waals surface area contributed by atoms with Gasteiger partial charge in [-0.2, -0.15) is 0 Å². The molecule has 1 heterocycles. The lowest BCUT2D eigenvalue weighted by atomic mass is 10.0. The van der Waals surface area contributed by atoms with Crippen molar-refractivity contribution < 1.29 is 9.53 Å². The number of likely N-dealkylation sites (tertiary alicyclic amines) is 1. The third kappa shape index (κ3) is 5.98.